The highest BCUT2D eigenvalue weighted by molar-refractivity contribution is 7.99. The Kier molecular flexibility index (Phi) is 7.06. The molecule has 0 aromatic heterocycles. The lowest BCUT2D eigenvalue weighted by Crippen LogP contribution is -2.38. The third kappa shape index (κ3) is 6.07. The quantitative estimate of drug-likeness (QED) is 0.607. The monoisotopic (exact) mass is 398 g/mol. The molecule has 2 aromatic rings. The van der Waals surface area contributed by atoms with Gasteiger partial charge in [-0.05, 0) is 61.4 Å². The summed E-state index contributed by atoms with van der Waals surface area (Å²) in [7, 11) is 5.17. The van der Waals surface area contributed by atoms with Crippen LogP contribution in [0.15, 0.2) is 47.4 Å². The number of benzene rings is 2. The van der Waals surface area contributed by atoms with Crippen LogP contribution in [-0.4, -0.2) is 23.1 Å². The first-order valence-electron chi connectivity index (χ1n) is 8.29. The van der Waals surface area contributed by atoms with Gasteiger partial charge in [0.25, 0.3) is 0 Å². The summed E-state index contributed by atoms with van der Waals surface area (Å²) < 4.78 is 48.0. The summed E-state index contributed by atoms with van der Waals surface area (Å²) in [4.78, 5) is 0.940. The van der Waals surface area contributed by atoms with E-state index >= 15 is 0 Å². The van der Waals surface area contributed by atoms with Crippen LogP contribution in [-0.2, 0) is 6.18 Å². The fourth-order valence-electron chi connectivity index (χ4n) is 2.27. The maximum atomic E-state index is 12.6. The second-order valence-corrected chi connectivity index (χ2v) is 7.27. The summed E-state index contributed by atoms with van der Waals surface area (Å²) in [6.45, 7) is 3.67. The van der Waals surface area contributed by atoms with E-state index < -0.39 is 17.3 Å². The number of aryl methyl sites for hydroxylation is 1. The van der Waals surface area contributed by atoms with Crippen molar-refractivity contribution in [1.82, 2.24) is 0 Å². The highest BCUT2D eigenvalue weighted by atomic mass is 32.2. The van der Waals surface area contributed by atoms with Crippen LogP contribution in [0.5, 0.6) is 11.5 Å². The van der Waals surface area contributed by atoms with Gasteiger partial charge in [0.15, 0.2) is 7.11 Å². The first kappa shape index (κ1) is 21.4. The lowest BCUT2D eigenvalue weighted by atomic mass is 10.1. The molecule has 1 N–H and O–H groups in total. The van der Waals surface area contributed by atoms with E-state index in [4.69, 9.17) is 16.6 Å². The zero-order chi connectivity index (χ0) is 20.1. The molecule has 0 saturated carbocycles. The summed E-state index contributed by atoms with van der Waals surface area (Å²) in [6.07, 6.45) is -3.95. The Balaban J connectivity index is 1.95. The molecule has 2 radical (unpaired) electrons. The maximum Gasteiger partial charge on any atom is 0.416 e. The fourth-order valence-corrected chi connectivity index (χ4v) is 3.41. The maximum absolute atomic E-state index is 12.6. The zero-order valence-electron chi connectivity index (χ0n) is 15.0. The van der Waals surface area contributed by atoms with Crippen LogP contribution >= 0.6 is 11.8 Å². The van der Waals surface area contributed by atoms with E-state index in [1.54, 1.807) is 6.07 Å². The molecule has 27 heavy (non-hydrogen) atoms. The van der Waals surface area contributed by atoms with Crippen LogP contribution in [0.3, 0.4) is 0 Å². The van der Waals surface area contributed by atoms with Gasteiger partial charge in [-0.25, -0.2) is 0 Å². The number of thioether (sulfide) groups is 1. The molecule has 0 spiro atoms. The molecule has 0 bridgehead atoms. The highest BCUT2D eigenvalue weighted by Gasteiger charge is 2.30. The molecule has 0 amide bonds. The van der Waals surface area contributed by atoms with E-state index in [2.05, 4.69) is 0 Å². The molecule has 0 aliphatic heterocycles. The van der Waals surface area contributed by atoms with Crippen LogP contribution in [0, 0.1) is 14.0 Å². The molecule has 0 aliphatic rings. The number of halogens is 3. The zero-order valence-corrected chi connectivity index (χ0v) is 15.9. The standard InChI is InChI=1S/C20H21F3O3S/c1-4-19(24,13-27-17-9-10-18(25-3)14(2)11-17)12-26-16-7-5-15(6-8-16)20(21,22)23/h3,5-11,24H,4,12-13H2,1-2H3. The van der Waals surface area contributed by atoms with Gasteiger partial charge in [0.2, 0.25) is 0 Å². The van der Waals surface area contributed by atoms with Gasteiger partial charge in [0.1, 0.15) is 23.7 Å². The van der Waals surface area contributed by atoms with Crippen LogP contribution in [0.25, 0.3) is 0 Å². The molecular weight excluding hydrogens is 377 g/mol. The van der Waals surface area contributed by atoms with Crippen molar-refractivity contribution in [3.05, 3.63) is 60.7 Å². The SMILES string of the molecule is [CH]Oc1ccc(SCC(O)(CC)COc2ccc(C(F)(F)F)cc2)cc1C. The van der Waals surface area contributed by atoms with E-state index in [1.165, 1.54) is 23.9 Å². The van der Waals surface area contributed by atoms with Gasteiger partial charge >= 0.3 is 6.18 Å². The number of aliphatic hydroxyl groups is 1. The minimum atomic E-state index is -4.39. The van der Waals surface area contributed by atoms with Crippen molar-refractivity contribution in [1.29, 1.82) is 0 Å². The largest absolute Gasteiger partial charge is 0.491 e. The molecule has 2 aromatic carbocycles. The molecule has 0 fully saturated rings. The lowest BCUT2D eigenvalue weighted by molar-refractivity contribution is -0.137. The molecular formula is C20H21F3O3S. The molecule has 1 atom stereocenters. The summed E-state index contributed by atoms with van der Waals surface area (Å²) in [5, 5.41) is 10.7. The molecule has 0 aliphatic carbocycles. The number of ether oxygens (including phenoxy) is 2. The Hall–Kier alpha value is -1.86. The van der Waals surface area contributed by atoms with Crippen molar-refractivity contribution in [2.24, 2.45) is 0 Å². The minimum absolute atomic E-state index is 0.0230. The number of hydrogen-bond donors (Lipinski definition) is 1. The van der Waals surface area contributed by atoms with Gasteiger partial charge in [-0.1, -0.05) is 6.92 Å². The Morgan fingerprint density at radius 3 is 2.30 bits per heavy atom. The summed E-state index contributed by atoms with van der Waals surface area (Å²) >= 11 is 1.45. The number of hydrogen-bond acceptors (Lipinski definition) is 4. The van der Waals surface area contributed by atoms with Gasteiger partial charge in [0.05, 0.1) is 5.56 Å². The third-order valence-electron chi connectivity index (χ3n) is 4.13. The van der Waals surface area contributed by atoms with Crippen LogP contribution in [0.2, 0.25) is 0 Å². The Labute approximate surface area is 161 Å². The predicted octanol–water partition coefficient (Wildman–Crippen LogP) is 5.37. The van der Waals surface area contributed by atoms with Crippen LogP contribution < -0.4 is 9.47 Å². The van der Waals surface area contributed by atoms with Gasteiger partial charge in [-0.15, -0.1) is 11.8 Å². The second-order valence-electron chi connectivity index (χ2n) is 6.22. The highest BCUT2D eigenvalue weighted by Crippen LogP contribution is 2.31. The van der Waals surface area contributed by atoms with Crippen molar-refractivity contribution in [2.75, 3.05) is 12.4 Å². The number of rotatable bonds is 8. The lowest BCUT2D eigenvalue weighted by Gasteiger charge is -2.26. The smallest absolute Gasteiger partial charge is 0.416 e. The van der Waals surface area contributed by atoms with E-state index in [0.29, 0.717) is 17.9 Å². The average Bonchev–Trinajstić information content (AvgIpc) is 2.64. The van der Waals surface area contributed by atoms with Crippen molar-refractivity contribution in [3.8, 4) is 11.5 Å². The van der Waals surface area contributed by atoms with Crippen LogP contribution in [0.1, 0.15) is 24.5 Å². The van der Waals surface area contributed by atoms with Gasteiger partial charge in [0, 0.05) is 10.6 Å². The molecule has 1 unspecified atom stereocenters. The molecule has 2 rings (SSSR count). The minimum Gasteiger partial charge on any atom is -0.491 e. The predicted molar refractivity (Wildman–Crippen MR) is 99.0 cm³/mol. The molecule has 146 valence electrons. The Morgan fingerprint density at radius 1 is 1.11 bits per heavy atom. The van der Waals surface area contributed by atoms with Gasteiger partial charge in [-0.2, -0.15) is 13.2 Å². The molecule has 3 nitrogen and oxygen atoms in total. The Morgan fingerprint density at radius 2 is 1.78 bits per heavy atom. The summed E-state index contributed by atoms with van der Waals surface area (Å²) in [6, 6.07) is 9.91. The van der Waals surface area contributed by atoms with Gasteiger partial charge < -0.3 is 14.6 Å². The van der Waals surface area contributed by atoms with Crippen molar-refractivity contribution >= 4 is 11.8 Å². The van der Waals surface area contributed by atoms with E-state index in [0.717, 1.165) is 22.6 Å². The van der Waals surface area contributed by atoms with Crippen LogP contribution in [0.4, 0.5) is 13.2 Å². The van der Waals surface area contributed by atoms with Crippen molar-refractivity contribution in [3.63, 3.8) is 0 Å². The van der Waals surface area contributed by atoms with Crippen molar-refractivity contribution in [2.45, 2.75) is 36.9 Å². The second kappa shape index (κ2) is 8.89. The van der Waals surface area contributed by atoms with Gasteiger partial charge in [-0.3, -0.25) is 0 Å². The molecule has 0 saturated heterocycles. The average molecular weight is 398 g/mol. The van der Waals surface area contributed by atoms with E-state index in [-0.39, 0.29) is 12.4 Å². The fraction of sp³-hybridized carbons (Fsp3) is 0.350. The topological polar surface area (TPSA) is 38.7 Å². The normalized spacial score (nSPS) is 13.9. The Bertz CT molecular complexity index is 747. The van der Waals surface area contributed by atoms with E-state index in [9.17, 15) is 18.3 Å². The third-order valence-corrected chi connectivity index (χ3v) is 5.40. The summed E-state index contributed by atoms with van der Waals surface area (Å²) in [5.41, 5.74) is -0.982. The summed E-state index contributed by atoms with van der Waals surface area (Å²) in [5.74, 6) is 1.22. The van der Waals surface area contributed by atoms with E-state index in [1.807, 2.05) is 26.0 Å². The molecule has 7 heteroatoms. The number of alkyl halides is 3. The van der Waals surface area contributed by atoms with Crippen molar-refractivity contribution < 1.29 is 27.8 Å². The molecule has 0 heterocycles. The first-order chi connectivity index (χ1) is 12.7. The first-order valence-corrected chi connectivity index (χ1v) is 9.28.